The lowest BCUT2D eigenvalue weighted by Crippen LogP contribution is -2.71. The lowest BCUT2D eigenvalue weighted by molar-refractivity contribution is -0.164. The summed E-state index contributed by atoms with van der Waals surface area (Å²) in [6, 6.07) is 7.54. The van der Waals surface area contributed by atoms with Gasteiger partial charge in [0.1, 0.15) is 24.1 Å². The minimum Gasteiger partial charge on any atom is -0.460 e. The van der Waals surface area contributed by atoms with Gasteiger partial charge in [-0.2, -0.15) is 0 Å². The van der Waals surface area contributed by atoms with E-state index in [9.17, 15) is 14.4 Å². The molecule has 3 rings (SSSR count). The van der Waals surface area contributed by atoms with E-state index in [1.807, 2.05) is 30.3 Å². The standard InChI is InChI=1S/C18H18Cl4N2O4S/c1-17(8-19)13(16(27)28-9-18(20,21)22)24-14(26)12(15(24)29-17)23-11(25)7-10-5-3-2-4-6-10/h2-6,12-13,15H,7-9H2,1H3,(H,23,25). The van der Waals surface area contributed by atoms with Gasteiger partial charge in [-0.05, 0) is 12.5 Å². The molecule has 0 aliphatic carbocycles. The van der Waals surface area contributed by atoms with Gasteiger partial charge in [0.25, 0.3) is 0 Å². The first-order valence-electron chi connectivity index (χ1n) is 8.68. The number of alkyl halides is 4. The second-order valence-electron chi connectivity index (χ2n) is 7.03. The summed E-state index contributed by atoms with van der Waals surface area (Å²) in [4.78, 5) is 39.1. The zero-order valence-corrected chi connectivity index (χ0v) is 19.1. The Kier molecular flexibility index (Phi) is 6.85. The topological polar surface area (TPSA) is 75.7 Å². The van der Waals surface area contributed by atoms with Crippen molar-refractivity contribution in [1.29, 1.82) is 0 Å². The molecule has 2 amide bonds. The number of amides is 2. The van der Waals surface area contributed by atoms with Gasteiger partial charge in [0.15, 0.2) is 0 Å². The van der Waals surface area contributed by atoms with Crippen LogP contribution in [0.1, 0.15) is 12.5 Å². The van der Waals surface area contributed by atoms with Crippen molar-refractivity contribution >= 4 is 75.9 Å². The molecule has 0 saturated carbocycles. The molecule has 158 valence electrons. The summed E-state index contributed by atoms with van der Waals surface area (Å²) in [6.07, 6.45) is 0.156. The third kappa shape index (κ3) is 4.90. The number of thioether (sulfide) groups is 1. The van der Waals surface area contributed by atoms with E-state index in [1.165, 1.54) is 16.7 Å². The summed E-state index contributed by atoms with van der Waals surface area (Å²) in [6.45, 7) is 1.32. The van der Waals surface area contributed by atoms with Gasteiger partial charge in [0.2, 0.25) is 15.6 Å². The van der Waals surface area contributed by atoms with Crippen LogP contribution in [0.2, 0.25) is 0 Å². The van der Waals surface area contributed by atoms with Gasteiger partial charge in [0, 0.05) is 5.88 Å². The molecule has 4 unspecified atom stereocenters. The maximum atomic E-state index is 12.7. The molecule has 2 aliphatic heterocycles. The van der Waals surface area contributed by atoms with Crippen LogP contribution < -0.4 is 5.32 Å². The van der Waals surface area contributed by atoms with E-state index in [0.29, 0.717) is 0 Å². The Morgan fingerprint density at radius 2 is 1.93 bits per heavy atom. The van der Waals surface area contributed by atoms with Crippen molar-refractivity contribution in [1.82, 2.24) is 10.2 Å². The number of halogens is 4. The van der Waals surface area contributed by atoms with Gasteiger partial charge in [-0.3, -0.25) is 9.59 Å². The van der Waals surface area contributed by atoms with E-state index in [0.717, 1.165) is 5.56 Å². The first-order valence-corrected chi connectivity index (χ1v) is 11.2. The average molecular weight is 500 g/mol. The minimum atomic E-state index is -1.76. The molecule has 0 radical (unpaired) electrons. The van der Waals surface area contributed by atoms with Crippen molar-refractivity contribution in [3.63, 3.8) is 0 Å². The molecular formula is C18H18Cl4N2O4S. The maximum absolute atomic E-state index is 12.7. The van der Waals surface area contributed by atoms with Gasteiger partial charge in [-0.15, -0.1) is 23.4 Å². The summed E-state index contributed by atoms with van der Waals surface area (Å²) in [5, 5.41) is 2.33. The molecule has 4 atom stereocenters. The normalized spacial score (nSPS) is 28.5. The van der Waals surface area contributed by atoms with Crippen LogP contribution in [0.25, 0.3) is 0 Å². The lowest BCUT2D eigenvalue weighted by Gasteiger charge is -2.44. The fourth-order valence-electron chi connectivity index (χ4n) is 3.36. The predicted molar refractivity (Wildman–Crippen MR) is 114 cm³/mol. The van der Waals surface area contributed by atoms with Gasteiger partial charge < -0.3 is 15.0 Å². The van der Waals surface area contributed by atoms with Crippen LogP contribution in [0.15, 0.2) is 30.3 Å². The van der Waals surface area contributed by atoms with E-state index >= 15 is 0 Å². The highest BCUT2D eigenvalue weighted by Crippen LogP contribution is 2.52. The van der Waals surface area contributed by atoms with Gasteiger partial charge >= 0.3 is 5.97 Å². The van der Waals surface area contributed by atoms with Crippen LogP contribution in [0.5, 0.6) is 0 Å². The predicted octanol–water partition coefficient (Wildman–Crippen LogP) is 2.91. The highest BCUT2D eigenvalue weighted by atomic mass is 35.6. The molecule has 2 aliphatic rings. The zero-order chi connectivity index (χ0) is 21.4. The van der Waals surface area contributed by atoms with Crippen LogP contribution in [0, 0.1) is 0 Å². The van der Waals surface area contributed by atoms with Crippen LogP contribution in [-0.4, -0.2) is 61.2 Å². The molecule has 1 aromatic carbocycles. The van der Waals surface area contributed by atoms with Crippen molar-refractivity contribution in [3.8, 4) is 0 Å². The number of hydrogen-bond acceptors (Lipinski definition) is 5. The Bertz CT molecular complexity index is 807. The number of carbonyl (C=O) groups excluding carboxylic acids is 3. The molecule has 6 nitrogen and oxygen atoms in total. The van der Waals surface area contributed by atoms with Crippen molar-refractivity contribution in [2.24, 2.45) is 0 Å². The summed E-state index contributed by atoms with van der Waals surface area (Å²) >= 11 is 24.4. The number of esters is 1. The van der Waals surface area contributed by atoms with Crippen LogP contribution in [0.3, 0.4) is 0 Å². The maximum Gasteiger partial charge on any atom is 0.330 e. The molecule has 11 heteroatoms. The number of β-lactam (4-membered cyclic amide) rings is 1. The SMILES string of the molecule is CC1(CCl)SC2C(NC(=O)Cc3ccccc3)C(=O)N2C1C(=O)OCC(Cl)(Cl)Cl. The number of carbonyl (C=O) groups is 3. The Labute approximate surface area is 192 Å². The molecule has 2 saturated heterocycles. The molecule has 29 heavy (non-hydrogen) atoms. The Balaban J connectivity index is 1.68. The van der Waals surface area contributed by atoms with Crippen molar-refractivity contribution in [3.05, 3.63) is 35.9 Å². The van der Waals surface area contributed by atoms with Gasteiger partial charge in [-0.25, -0.2) is 4.79 Å². The Morgan fingerprint density at radius 3 is 2.52 bits per heavy atom. The fraction of sp³-hybridized carbons (Fsp3) is 0.500. The quantitative estimate of drug-likeness (QED) is 0.370. The van der Waals surface area contributed by atoms with Crippen molar-refractivity contribution in [2.75, 3.05) is 12.5 Å². The number of hydrogen-bond donors (Lipinski definition) is 1. The van der Waals surface area contributed by atoms with E-state index in [1.54, 1.807) is 6.92 Å². The van der Waals surface area contributed by atoms with Crippen LogP contribution in [0.4, 0.5) is 0 Å². The smallest absolute Gasteiger partial charge is 0.330 e. The van der Waals surface area contributed by atoms with Crippen molar-refractivity contribution < 1.29 is 19.1 Å². The van der Waals surface area contributed by atoms with E-state index in [-0.39, 0.29) is 24.1 Å². The molecule has 1 aromatic rings. The third-order valence-corrected chi connectivity index (χ3v) is 7.40. The molecular weight excluding hydrogens is 482 g/mol. The monoisotopic (exact) mass is 498 g/mol. The van der Waals surface area contributed by atoms with E-state index in [2.05, 4.69) is 5.32 Å². The van der Waals surface area contributed by atoms with Crippen LogP contribution in [-0.2, 0) is 25.5 Å². The average Bonchev–Trinajstić information content (AvgIpc) is 2.95. The van der Waals surface area contributed by atoms with Crippen LogP contribution >= 0.6 is 58.2 Å². The Morgan fingerprint density at radius 1 is 1.28 bits per heavy atom. The molecule has 0 bridgehead atoms. The van der Waals surface area contributed by atoms with E-state index in [4.69, 9.17) is 51.1 Å². The highest BCUT2D eigenvalue weighted by molar-refractivity contribution is 8.01. The molecule has 2 fully saturated rings. The highest BCUT2D eigenvalue weighted by Gasteiger charge is 2.65. The minimum absolute atomic E-state index is 0.0934. The Hall–Kier alpha value is -0.860. The summed E-state index contributed by atoms with van der Waals surface area (Å²) in [7, 11) is 0. The second-order valence-corrected chi connectivity index (χ2v) is 11.5. The van der Waals surface area contributed by atoms with Gasteiger partial charge in [0.05, 0.1) is 11.2 Å². The largest absolute Gasteiger partial charge is 0.460 e. The fourth-order valence-corrected chi connectivity index (χ4v) is 5.47. The molecule has 0 aromatic heterocycles. The number of ether oxygens (including phenoxy) is 1. The number of rotatable bonds is 6. The van der Waals surface area contributed by atoms with Gasteiger partial charge in [-0.1, -0.05) is 65.1 Å². The molecule has 2 heterocycles. The number of nitrogens with zero attached hydrogens (tertiary/aromatic N) is 1. The first-order chi connectivity index (χ1) is 13.6. The summed E-state index contributed by atoms with van der Waals surface area (Å²) < 4.78 is 2.54. The summed E-state index contributed by atoms with van der Waals surface area (Å²) in [5.41, 5.74) is 0.839. The zero-order valence-electron chi connectivity index (χ0n) is 15.2. The number of nitrogens with one attached hydrogen (secondary N) is 1. The van der Waals surface area contributed by atoms with E-state index < -0.39 is 38.6 Å². The number of fused-ring (bicyclic) bond motifs is 1. The second kappa shape index (κ2) is 8.71. The molecule has 0 spiro atoms. The first kappa shape index (κ1) is 22.8. The number of benzene rings is 1. The third-order valence-electron chi connectivity index (χ3n) is 4.72. The lowest BCUT2D eigenvalue weighted by atomic mass is 9.95. The molecule has 1 N–H and O–H groups in total. The van der Waals surface area contributed by atoms with Crippen molar-refractivity contribution in [2.45, 2.75) is 39.3 Å². The summed E-state index contributed by atoms with van der Waals surface area (Å²) in [5.74, 6) is -1.24.